The van der Waals surface area contributed by atoms with E-state index in [1.165, 1.54) is 24.3 Å². The summed E-state index contributed by atoms with van der Waals surface area (Å²) < 4.78 is 54.6. The van der Waals surface area contributed by atoms with Gasteiger partial charge in [-0.1, -0.05) is 28.1 Å². The molecule has 1 aliphatic carbocycles. The van der Waals surface area contributed by atoms with Gasteiger partial charge in [0, 0.05) is 4.47 Å². The highest BCUT2D eigenvalue weighted by molar-refractivity contribution is 9.10. The van der Waals surface area contributed by atoms with Crippen molar-refractivity contribution in [1.82, 2.24) is 0 Å². The zero-order chi connectivity index (χ0) is 12.0. The fraction of sp³-hybridized carbons (Fsp3) is 0.455. The van der Waals surface area contributed by atoms with Gasteiger partial charge >= 0.3 is 5.92 Å². The van der Waals surface area contributed by atoms with Crippen molar-refractivity contribution in [1.29, 1.82) is 0 Å². The van der Waals surface area contributed by atoms with Gasteiger partial charge in [0.05, 0.1) is 0 Å². The number of alkyl halides is 4. The molecule has 1 fully saturated rings. The topological polar surface area (TPSA) is 0 Å². The Morgan fingerprint density at radius 3 is 2.12 bits per heavy atom. The van der Waals surface area contributed by atoms with Crippen LogP contribution in [0.2, 0.25) is 0 Å². The first-order chi connectivity index (χ1) is 7.38. The molecular weight excluding hydrogens is 288 g/mol. The summed E-state index contributed by atoms with van der Waals surface area (Å²) >= 11 is 3.13. The molecule has 5 heteroatoms. The molecular formula is C11H9BrF4. The number of halogens is 5. The highest BCUT2D eigenvalue weighted by atomic mass is 79.9. The molecule has 0 amide bonds. The van der Waals surface area contributed by atoms with E-state index in [0.29, 0.717) is 4.47 Å². The largest absolute Gasteiger partial charge is 0.315 e. The van der Waals surface area contributed by atoms with Crippen molar-refractivity contribution in [3.05, 3.63) is 34.3 Å². The zero-order valence-electron chi connectivity index (χ0n) is 8.19. The molecule has 0 aromatic heterocycles. The van der Waals surface area contributed by atoms with Crippen LogP contribution in [0.25, 0.3) is 0 Å². The van der Waals surface area contributed by atoms with Crippen molar-refractivity contribution in [3.8, 4) is 0 Å². The van der Waals surface area contributed by atoms with Crippen molar-refractivity contribution in [2.75, 3.05) is 0 Å². The molecule has 1 aromatic carbocycles. The second-order valence-electron chi connectivity index (χ2n) is 3.94. The minimum absolute atomic E-state index is 0.166. The summed E-state index contributed by atoms with van der Waals surface area (Å²) in [6.45, 7) is 0. The van der Waals surface area contributed by atoms with Crippen LogP contribution in [0.3, 0.4) is 0 Å². The lowest BCUT2D eigenvalue weighted by atomic mass is 9.91. The molecule has 2 rings (SSSR count). The van der Waals surface area contributed by atoms with Crippen molar-refractivity contribution >= 4 is 15.9 Å². The van der Waals surface area contributed by atoms with Crippen LogP contribution in [0.5, 0.6) is 0 Å². The Labute approximate surface area is 98.8 Å². The monoisotopic (exact) mass is 296 g/mol. The van der Waals surface area contributed by atoms with Gasteiger partial charge in [0.2, 0.25) is 5.67 Å². The highest BCUT2D eigenvalue weighted by Crippen LogP contribution is 2.54. The Bertz CT molecular complexity index is 389. The quantitative estimate of drug-likeness (QED) is 0.675. The molecule has 0 saturated heterocycles. The number of rotatable bonds is 1. The summed E-state index contributed by atoms with van der Waals surface area (Å²) in [6.07, 6.45) is -3.33. The van der Waals surface area contributed by atoms with Crippen LogP contribution >= 0.6 is 15.9 Å². The van der Waals surface area contributed by atoms with Gasteiger partial charge in [-0.15, -0.1) is 0 Å². The third-order valence-corrected chi connectivity index (χ3v) is 3.49. The molecule has 0 heterocycles. The predicted octanol–water partition coefficient (Wildman–Crippen LogP) is 4.38. The maximum Gasteiger partial charge on any atom is 0.315 e. The van der Waals surface area contributed by atoms with Crippen molar-refractivity contribution in [3.63, 3.8) is 0 Å². The number of benzene rings is 1. The SMILES string of the molecule is FC1CCC(F)(c2ccc(Br)cc2)C1(F)F. The smallest absolute Gasteiger partial charge is 0.241 e. The molecule has 1 aromatic rings. The number of hydrogen-bond donors (Lipinski definition) is 0. The van der Waals surface area contributed by atoms with Crippen LogP contribution in [-0.2, 0) is 5.67 Å². The highest BCUT2D eigenvalue weighted by Gasteiger charge is 2.65. The summed E-state index contributed by atoms with van der Waals surface area (Å²) in [5.74, 6) is -3.94. The normalized spacial score (nSPS) is 32.9. The average molecular weight is 297 g/mol. The van der Waals surface area contributed by atoms with Gasteiger partial charge < -0.3 is 0 Å². The minimum atomic E-state index is -3.94. The van der Waals surface area contributed by atoms with E-state index >= 15 is 0 Å². The first kappa shape index (κ1) is 11.9. The Kier molecular flexibility index (Phi) is 2.77. The summed E-state index contributed by atoms with van der Waals surface area (Å²) in [7, 11) is 0. The average Bonchev–Trinajstić information content (AvgIpc) is 2.44. The lowest BCUT2D eigenvalue weighted by Crippen LogP contribution is -2.41. The van der Waals surface area contributed by atoms with Crippen LogP contribution in [0, 0.1) is 0 Å². The van der Waals surface area contributed by atoms with Crippen LogP contribution < -0.4 is 0 Å². The van der Waals surface area contributed by atoms with Crippen molar-refractivity contribution in [2.45, 2.75) is 30.6 Å². The fourth-order valence-electron chi connectivity index (χ4n) is 1.97. The molecule has 2 unspecified atom stereocenters. The zero-order valence-corrected chi connectivity index (χ0v) is 9.78. The first-order valence-corrected chi connectivity index (χ1v) is 5.64. The van der Waals surface area contributed by atoms with E-state index in [9.17, 15) is 17.6 Å². The molecule has 0 nitrogen and oxygen atoms in total. The van der Waals surface area contributed by atoms with E-state index in [4.69, 9.17) is 0 Å². The standard InChI is InChI=1S/C11H9BrF4/c12-8-3-1-7(2-4-8)10(14)6-5-9(13)11(10,15)16/h1-4,9H,5-6H2. The van der Waals surface area contributed by atoms with Crippen molar-refractivity contribution < 1.29 is 17.6 Å². The van der Waals surface area contributed by atoms with Crippen LogP contribution in [-0.4, -0.2) is 12.1 Å². The van der Waals surface area contributed by atoms with Gasteiger partial charge in [0.25, 0.3) is 0 Å². The summed E-state index contributed by atoms with van der Waals surface area (Å²) in [5, 5.41) is 0. The van der Waals surface area contributed by atoms with Gasteiger partial charge in [-0.3, -0.25) is 0 Å². The molecule has 0 N–H and O–H groups in total. The lowest BCUT2D eigenvalue weighted by molar-refractivity contribution is -0.151. The van der Waals surface area contributed by atoms with E-state index in [1.807, 2.05) is 0 Å². The maximum absolute atomic E-state index is 14.2. The van der Waals surface area contributed by atoms with E-state index in [0.717, 1.165) is 0 Å². The fourth-order valence-corrected chi connectivity index (χ4v) is 2.24. The molecule has 0 aliphatic heterocycles. The van der Waals surface area contributed by atoms with Gasteiger partial charge in [0.1, 0.15) is 0 Å². The molecule has 0 radical (unpaired) electrons. The summed E-state index contributed by atoms with van der Waals surface area (Å²) in [5.41, 5.74) is -3.05. The molecule has 2 atom stereocenters. The summed E-state index contributed by atoms with van der Waals surface area (Å²) in [6, 6.07) is 5.46. The molecule has 88 valence electrons. The Morgan fingerprint density at radius 2 is 1.69 bits per heavy atom. The van der Waals surface area contributed by atoms with Crippen molar-refractivity contribution in [2.24, 2.45) is 0 Å². The third kappa shape index (κ3) is 1.56. The maximum atomic E-state index is 14.2. The molecule has 1 saturated carbocycles. The molecule has 16 heavy (non-hydrogen) atoms. The second-order valence-corrected chi connectivity index (χ2v) is 4.85. The lowest BCUT2D eigenvalue weighted by Gasteiger charge is -2.28. The minimum Gasteiger partial charge on any atom is -0.241 e. The van der Waals surface area contributed by atoms with Gasteiger partial charge in [-0.05, 0) is 30.5 Å². The second kappa shape index (κ2) is 3.72. The Morgan fingerprint density at radius 1 is 1.12 bits per heavy atom. The van der Waals surface area contributed by atoms with E-state index in [2.05, 4.69) is 15.9 Å². The van der Waals surface area contributed by atoms with Gasteiger partial charge in [0.15, 0.2) is 6.17 Å². The number of hydrogen-bond acceptors (Lipinski definition) is 0. The van der Waals surface area contributed by atoms with E-state index in [1.54, 1.807) is 0 Å². The Hall–Kier alpha value is -0.580. The van der Waals surface area contributed by atoms with Crippen LogP contribution in [0.15, 0.2) is 28.7 Å². The van der Waals surface area contributed by atoms with Crippen LogP contribution in [0.4, 0.5) is 17.6 Å². The van der Waals surface area contributed by atoms with Gasteiger partial charge in [-0.25, -0.2) is 8.78 Å². The molecule has 1 aliphatic rings. The predicted molar refractivity (Wildman–Crippen MR) is 56.0 cm³/mol. The molecule has 0 bridgehead atoms. The first-order valence-electron chi connectivity index (χ1n) is 4.85. The summed E-state index contributed by atoms with van der Waals surface area (Å²) in [4.78, 5) is 0. The Balaban J connectivity index is 2.43. The third-order valence-electron chi connectivity index (χ3n) is 2.97. The van der Waals surface area contributed by atoms with E-state index in [-0.39, 0.29) is 5.56 Å². The molecule has 0 spiro atoms. The van der Waals surface area contributed by atoms with E-state index < -0.39 is 30.6 Å². The van der Waals surface area contributed by atoms with Crippen LogP contribution in [0.1, 0.15) is 18.4 Å². The van der Waals surface area contributed by atoms with Gasteiger partial charge in [-0.2, -0.15) is 8.78 Å².